The molecule has 0 saturated carbocycles. The van der Waals surface area contributed by atoms with Crippen molar-refractivity contribution in [1.29, 1.82) is 0 Å². The quantitative estimate of drug-likeness (QED) is 0.346. The molecule has 0 fully saturated rings. The zero-order valence-electron chi connectivity index (χ0n) is 13.5. The molecule has 9 heteroatoms. The first-order chi connectivity index (χ1) is 12.1. The Balaban J connectivity index is 2.07. The van der Waals surface area contributed by atoms with E-state index in [9.17, 15) is 4.79 Å². The molecule has 0 heterocycles. The molecule has 0 unspecified atom stereocenters. The lowest BCUT2D eigenvalue weighted by Gasteiger charge is -2.27. The van der Waals surface area contributed by atoms with Crippen LogP contribution in [0.3, 0.4) is 0 Å². The smallest absolute Gasteiger partial charge is 0.252 e. The molecule has 0 aromatic heterocycles. The third-order valence-electron chi connectivity index (χ3n) is 3.24. The van der Waals surface area contributed by atoms with Crippen LogP contribution in [0.1, 0.15) is 15.9 Å². The van der Waals surface area contributed by atoms with Crippen LogP contribution in [-0.2, 0) is 0 Å². The van der Waals surface area contributed by atoms with Gasteiger partial charge < -0.3 is 16.0 Å². The number of amides is 1. The number of carbonyl (C=O) groups excluding carboxylic acids is 1. The number of nitrogens with one attached hydrogen (secondary N) is 3. The summed E-state index contributed by atoms with van der Waals surface area (Å²) in [4.78, 5) is 12.4. The van der Waals surface area contributed by atoms with Gasteiger partial charge >= 0.3 is 0 Å². The molecule has 138 valence electrons. The third kappa shape index (κ3) is 6.49. The first kappa shape index (κ1) is 21.1. The minimum atomic E-state index is -1.83. The highest BCUT2D eigenvalue weighted by Gasteiger charge is 2.34. The van der Waals surface area contributed by atoms with Crippen LogP contribution in [0.2, 0.25) is 5.02 Å². The van der Waals surface area contributed by atoms with Gasteiger partial charge in [0.05, 0.1) is 0 Å². The van der Waals surface area contributed by atoms with Crippen molar-refractivity contribution in [2.45, 2.75) is 16.9 Å². The molecule has 0 spiro atoms. The summed E-state index contributed by atoms with van der Waals surface area (Å²) in [6.45, 7) is 1.88. The maximum Gasteiger partial charge on any atom is 0.252 e. The fourth-order valence-electron chi connectivity index (χ4n) is 2.06. The highest BCUT2D eigenvalue weighted by atomic mass is 35.6. The molecule has 1 amide bonds. The summed E-state index contributed by atoms with van der Waals surface area (Å²) < 4.78 is -1.83. The summed E-state index contributed by atoms with van der Waals surface area (Å²) in [6, 6.07) is 14.0. The van der Waals surface area contributed by atoms with Crippen molar-refractivity contribution in [3.63, 3.8) is 0 Å². The molecule has 0 aliphatic carbocycles. The number of hydrogen-bond donors (Lipinski definition) is 3. The van der Waals surface area contributed by atoms with E-state index in [1.165, 1.54) is 0 Å². The van der Waals surface area contributed by atoms with Crippen molar-refractivity contribution in [1.82, 2.24) is 10.6 Å². The Hall–Kier alpha value is -1.24. The Labute approximate surface area is 177 Å². The number of benzene rings is 2. The predicted octanol–water partition coefficient (Wildman–Crippen LogP) is 5.06. The van der Waals surface area contributed by atoms with Gasteiger partial charge in [0.15, 0.2) is 5.11 Å². The van der Waals surface area contributed by atoms with E-state index < -0.39 is 15.9 Å². The second-order valence-electron chi connectivity index (χ2n) is 5.43. The molecule has 4 nitrogen and oxygen atoms in total. The number of thiocarbonyl (C=S) groups is 1. The molecule has 0 aliphatic heterocycles. The fourth-order valence-corrected chi connectivity index (χ4v) is 2.82. The van der Waals surface area contributed by atoms with Crippen LogP contribution in [0.25, 0.3) is 0 Å². The van der Waals surface area contributed by atoms with Gasteiger partial charge in [-0.05, 0) is 49.5 Å². The number of anilines is 1. The number of hydrogen-bond acceptors (Lipinski definition) is 2. The molecule has 26 heavy (non-hydrogen) atoms. The van der Waals surface area contributed by atoms with Gasteiger partial charge in [-0.15, -0.1) is 0 Å². The van der Waals surface area contributed by atoms with Crippen molar-refractivity contribution in [3.8, 4) is 0 Å². The second-order valence-corrected chi connectivity index (χ2v) is 8.64. The topological polar surface area (TPSA) is 53.2 Å². The molecule has 3 N–H and O–H groups in total. The molecule has 2 aromatic rings. The number of aryl methyl sites for hydroxylation is 1. The van der Waals surface area contributed by atoms with E-state index in [2.05, 4.69) is 16.0 Å². The molecule has 0 bridgehead atoms. The Morgan fingerprint density at radius 1 is 1.08 bits per heavy atom. The highest BCUT2D eigenvalue weighted by Crippen LogP contribution is 2.29. The maximum atomic E-state index is 12.4. The Bertz CT molecular complexity index is 811. The van der Waals surface area contributed by atoms with Gasteiger partial charge in [-0.3, -0.25) is 4.79 Å². The van der Waals surface area contributed by atoms with E-state index in [1.54, 1.807) is 42.5 Å². The minimum absolute atomic E-state index is 0.160. The van der Waals surface area contributed by atoms with E-state index in [-0.39, 0.29) is 5.11 Å². The molecule has 2 aromatic carbocycles. The van der Waals surface area contributed by atoms with Crippen LogP contribution < -0.4 is 16.0 Å². The zero-order chi connectivity index (χ0) is 19.3. The number of alkyl halides is 3. The first-order valence-corrected chi connectivity index (χ1v) is 9.34. The summed E-state index contributed by atoms with van der Waals surface area (Å²) in [7, 11) is 0. The van der Waals surface area contributed by atoms with E-state index in [0.29, 0.717) is 16.3 Å². The molecule has 2 rings (SSSR count). The molecule has 0 radical (unpaired) electrons. The predicted molar refractivity (Wildman–Crippen MR) is 114 cm³/mol. The summed E-state index contributed by atoms with van der Waals surface area (Å²) >= 11 is 29.1. The molecule has 1 atom stereocenters. The van der Waals surface area contributed by atoms with Gasteiger partial charge in [0, 0.05) is 16.3 Å². The van der Waals surface area contributed by atoms with Gasteiger partial charge in [0.25, 0.3) is 5.91 Å². The van der Waals surface area contributed by atoms with E-state index >= 15 is 0 Å². The lowest BCUT2D eigenvalue weighted by atomic mass is 10.1. The van der Waals surface area contributed by atoms with Crippen molar-refractivity contribution in [3.05, 3.63) is 64.7 Å². The average Bonchev–Trinajstić information content (AvgIpc) is 2.53. The first-order valence-electron chi connectivity index (χ1n) is 7.42. The van der Waals surface area contributed by atoms with E-state index in [1.807, 2.05) is 13.0 Å². The maximum absolute atomic E-state index is 12.4. The molecular formula is C17H15Cl4N3OS. The zero-order valence-corrected chi connectivity index (χ0v) is 17.4. The number of halogens is 4. The van der Waals surface area contributed by atoms with E-state index in [4.69, 9.17) is 58.6 Å². The normalized spacial score (nSPS) is 12.2. The second kappa shape index (κ2) is 9.11. The van der Waals surface area contributed by atoms with Gasteiger partial charge in [0.1, 0.15) is 6.17 Å². The number of rotatable bonds is 4. The van der Waals surface area contributed by atoms with Gasteiger partial charge in [-0.25, -0.2) is 0 Å². The fraction of sp³-hybridized carbons (Fsp3) is 0.176. The Morgan fingerprint density at radius 3 is 2.38 bits per heavy atom. The van der Waals surface area contributed by atoms with Gasteiger partial charge in [0.2, 0.25) is 3.79 Å². The van der Waals surface area contributed by atoms with Crippen molar-refractivity contribution < 1.29 is 4.79 Å². The molecule has 0 aliphatic rings. The molecular weight excluding hydrogens is 436 g/mol. The van der Waals surface area contributed by atoms with Gasteiger partial charge in [-0.1, -0.05) is 70.2 Å². The van der Waals surface area contributed by atoms with Crippen LogP contribution in [0, 0.1) is 6.92 Å². The van der Waals surface area contributed by atoms with Crippen molar-refractivity contribution in [2.24, 2.45) is 0 Å². The minimum Gasteiger partial charge on any atom is -0.339 e. The standard InChI is InChI=1S/C17H15Cl4N3OS/c1-10-4-2-5-11(8-10)14(25)23-15(17(19,20)21)24-16(26)22-13-7-3-6-12(18)9-13/h2-9,15H,1H3,(H,23,25)(H2,22,24,26)/t15-/m1/s1. The lowest BCUT2D eigenvalue weighted by Crippen LogP contribution is -2.56. The SMILES string of the molecule is Cc1cccc(C(=O)N[C@H](NC(=S)Nc2cccc(Cl)c2)C(Cl)(Cl)Cl)c1. The average molecular weight is 451 g/mol. The summed E-state index contributed by atoms with van der Waals surface area (Å²) in [5, 5.41) is 9.04. The van der Waals surface area contributed by atoms with Crippen LogP contribution in [-0.4, -0.2) is 21.0 Å². The molecule has 0 saturated heterocycles. The third-order valence-corrected chi connectivity index (χ3v) is 4.35. The van der Waals surface area contributed by atoms with Crippen molar-refractivity contribution >= 4 is 75.3 Å². The number of carbonyl (C=O) groups is 1. The van der Waals surface area contributed by atoms with E-state index in [0.717, 1.165) is 5.56 Å². The lowest BCUT2D eigenvalue weighted by molar-refractivity contribution is 0.0934. The largest absolute Gasteiger partial charge is 0.339 e. The highest BCUT2D eigenvalue weighted by molar-refractivity contribution is 7.80. The summed E-state index contributed by atoms with van der Waals surface area (Å²) in [5.74, 6) is -0.400. The monoisotopic (exact) mass is 449 g/mol. The summed E-state index contributed by atoms with van der Waals surface area (Å²) in [6.07, 6.45) is -1.06. The Kier molecular flexibility index (Phi) is 7.38. The summed E-state index contributed by atoms with van der Waals surface area (Å²) in [5.41, 5.74) is 2.04. The van der Waals surface area contributed by atoms with Gasteiger partial charge in [-0.2, -0.15) is 0 Å². The van der Waals surface area contributed by atoms with Crippen LogP contribution in [0.4, 0.5) is 5.69 Å². The van der Waals surface area contributed by atoms with Crippen LogP contribution in [0.15, 0.2) is 48.5 Å². The Morgan fingerprint density at radius 2 is 1.77 bits per heavy atom. The van der Waals surface area contributed by atoms with Crippen LogP contribution in [0.5, 0.6) is 0 Å². The van der Waals surface area contributed by atoms with Crippen molar-refractivity contribution in [2.75, 3.05) is 5.32 Å². The van der Waals surface area contributed by atoms with Crippen LogP contribution >= 0.6 is 58.6 Å².